The first kappa shape index (κ1) is 22.2. The Bertz CT molecular complexity index is 914. The number of nitrogens with one attached hydrogen (secondary N) is 2. The Morgan fingerprint density at radius 1 is 1.40 bits per heavy atom. The molecule has 1 aliphatic heterocycles. The molecule has 2 heterocycles. The Hall–Kier alpha value is -2.49. The quantitative estimate of drug-likeness (QED) is 0.551. The van der Waals surface area contributed by atoms with E-state index >= 15 is 0 Å². The molecule has 1 aliphatic rings. The molecule has 1 aromatic carbocycles. The van der Waals surface area contributed by atoms with Crippen molar-refractivity contribution in [3.8, 4) is 0 Å². The van der Waals surface area contributed by atoms with Crippen molar-refractivity contribution < 1.29 is 19.4 Å². The van der Waals surface area contributed by atoms with Crippen molar-refractivity contribution in [2.45, 2.75) is 45.0 Å². The van der Waals surface area contributed by atoms with Crippen molar-refractivity contribution in [1.82, 2.24) is 20.2 Å². The summed E-state index contributed by atoms with van der Waals surface area (Å²) in [5.74, 6) is -0.177. The van der Waals surface area contributed by atoms with Crippen molar-refractivity contribution in [2.24, 2.45) is 0 Å². The van der Waals surface area contributed by atoms with E-state index in [4.69, 9.17) is 11.6 Å². The summed E-state index contributed by atoms with van der Waals surface area (Å²) in [4.78, 5) is 23.2. The number of rotatable bonds is 6. The fourth-order valence-corrected chi connectivity index (χ4v) is 3.36. The summed E-state index contributed by atoms with van der Waals surface area (Å²) in [5.41, 5.74) is 2.02. The molecule has 0 spiro atoms. The number of fused-ring (bicyclic) bond motifs is 1. The van der Waals surface area contributed by atoms with E-state index in [-0.39, 0.29) is 17.6 Å². The molecule has 8 nitrogen and oxygen atoms in total. The molecule has 4 N–H and O–H groups in total. The lowest BCUT2D eigenvalue weighted by molar-refractivity contribution is 0.0624. The van der Waals surface area contributed by atoms with Crippen molar-refractivity contribution in [1.29, 1.82) is 0 Å². The zero-order chi connectivity index (χ0) is 21.8. The van der Waals surface area contributed by atoms with Crippen molar-refractivity contribution in [3.63, 3.8) is 0 Å². The molecule has 2 amide bonds. The van der Waals surface area contributed by atoms with Gasteiger partial charge in [0.2, 0.25) is 5.95 Å². The second-order valence-electron chi connectivity index (χ2n) is 7.49. The van der Waals surface area contributed by atoms with Gasteiger partial charge in [-0.3, -0.25) is 0 Å². The van der Waals surface area contributed by atoms with E-state index in [1.165, 1.54) is 12.1 Å². The highest BCUT2D eigenvalue weighted by molar-refractivity contribution is 6.30. The molecule has 0 unspecified atom stereocenters. The van der Waals surface area contributed by atoms with Gasteiger partial charge in [-0.2, -0.15) is 0 Å². The Kier molecular flexibility index (Phi) is 7.06. The number of anilines is 1. The van der Waals surface area contributed by atoms with Gasteiger partial charge in [0.25, 0.3) is 0 Å². The standard InChI is InChI=1S/C20H25ClFN5O3/c1-11(2)24-19-23-8-13-5-6-27(9-16(13)25-19)20(30)26-18(17(29)10-28)12-3-4-14(21)15(22)7-12/h3-4,7-8,11,17-18,28-29H,5-6,9-10H2,1-2H3,(H,26,30)(H,23,24,25)/t17-,18+/m1/s1. The maximum Gasteiger partial charge on any atom is 0.318 e. The van der Waals surface area contributed by atoms with E-state index in [0.717, 1.165) is 17.3 Å². The van der Waals surface area contributed by atoms with Gasteiger partial charge in [0.1, 0.15) is 11.9 Å². The maximum absolute atomic E-state index is 13.9. The van der Waals surface area contributed by atoms with E-state index < -0.39 is 30.6 Å². The average molecular weight is 438 g/mol. The Labute approximate surface area is 179 Å². The highest BCUT2D eigenvalue weighted by atomic mass is 35.5. The summed E-state index contributed by atoms with van der Waals surface area (Å²) < 4.78 is 13.9. The number of aliphatic hydroxyl groups excluding tert-OH is 2. The smallest absolute Gasteiger partial charge is 0.318 e. The van der Waals surface area contributed by atoms with Gasteiger partial charge < -0.3 is 25.7 Å². The number of nitrogens with zero attached hydrogens (tertiary/aromatic N) is 3. The summed E-state index contributed by atoms with van der Waals surface area (Å²) in [6.45, 7) is 4.07. The lowest BCUT2D eigenvalue weighted by atomic mass is 10.0. The van der Waals surface area contributed by atoms with Crippen molar-refractivity contribution in [2.75, 3.05) is 18.5 Å². The molecule has 0 bridgehead atoms. The Balaban J connectivity index is 1.75. The summed E-state index contributed by atoms with van der Waals surface area (Å²) in [6, 6.07) is 2.69. The van der Waals surface area contributed by atoms with E-state index in [1.807, 2.05) is 13.8 Å². The minimum Gasteiger partial charge on any atom is -0.394 e. The minimum absolute atomic E-state index is 0.0690. The number of carbonyl (C=O) groups is 1. The van der Waals surface area contributed by atoms with E-state index in [1.54, 1.807) is 11.1 Å². The number of urea groups is 1. The lowest BCUT2D eigenvalue weighted by Crippen LogP contribution is -2.47. The molecule has 3 rings (SSSR count). The third kappa shape index (κ3) is 5.16. The predicted octanol–water partition coefficient (Wildman–Crippen LogP) is 2.25. The van der Waals surface area contributed by atoms with Crippen LogP contribution < -0.4 is 10.6 Å². The fourth-order valence-electron chi connectivity index (χ4n) is 3.24. The number of aliphatic hydroxyl groups is 2. The van der Waals surface area contributed by atoms with Crippen LogP contribution in [0.1, 0.15) is 36.7 Å². The number of carbonyl (C=O) groups excluding carboxylic acids is 1. The van der Waals surface area contributed by atoms with E-state index in [9.17, 15) is 19.4 Å². The van der Waals surface area contributed by atoms with Crippen LogP contribution in [-0.4, -0.2) is 56.4 Å². The van der Waals surface area contributed by atoms with Crippen LogP contribution in [0.2, 0.25) is 5.02 Å². The SMILES string of the molecule is CC(C)Nc1ncc2c(n1)CN(C(=O)N[C@@H](c1ccc(Cl)c(F)c1)[C@H](O)CO)CC2. The molecule has 10 heteroatoms. The molecule has 30 heavy (non-hydrogen) atoms. The van der Waals surface area contributed by atoms with E-state index in [2.05, 4.69) is 20.6 Å². The predicted molar refractivity (Wildman–Crippen MR) is 111 cm³/mol. The third-order valence-electron chi connectivity index (χ3n) is 4.80. The van der Waals surface area contributed by atoms with E-state index in [0.29, 0.717) is 24.5 Å². The average Bonchev–Trinajstić information content (AvgIpc) is 2.72. The van der Waals surface area contributed by atoms with Gasteiger partial charge in [-0.05, 0) is 43.5 Å². The van der Waals surface area contributed by atoms with Gasteiger partial charge in [-0.1, -0.05) is 17.7 Å². The molecule has 162 valence electrons. The molecule has 0 fully saturated rings. The van der Waals surface area contributed by atoms with Crippen LogP contribution in [0.25, 0.3) is 0 Å². The molecule has 0 radical (unpaired) electrons. The van der Waals surface area contributed by atoms with Gasteiger partial charge in [-0.25, -0.2) is 19.2 Å². The first-order valence-electron chi connectivity index (χ1n) is 9.69. The molecular weight excluding hydrogens is 413 g/mol. The third-order valence-corrected chi connectivity index (χ3v) is 5.11. The summed E-state index contributed by atoms with van der Waals surface area (Å²) in [5, 5.41) is 25.3. The normalized spacial score (nSPS) is 15.5. The maximum atomic E-state index is 13.9. The first-order valence-corrected chi connectivity index (χ1v) is 10.1. The summed E-state index contributed by atoms with van der Waals surface area (Å²) in [7, 11) is 0. The summed E-state index contributed by atoms with van der Waals surface area (Å²) in [6.07, 6.45) is 1.04. The topological polar surface area (TPSA) is 111 Å². The van der Waals surface area contributed by atoms with Crippen LogP contribution in [0.4, 0.5) is 15.1 Å². The molecule has 0 saturated carbocycles. The number of amides is 2. The first-order chi connectivity index (χ1) is 14.3. The molecule has 2 atom stereocenters. The second kappa shape index (κ2) is 9.55. The van der Waals surface area contributed by atoms with Crippen LogP contribution >= 0.6 is 11.6 Å². The number of benzene rings is 1. The molecule has 0 aliphatic carbocycles. The Morgan fingerprint density at radius 3 is 2.83 bits per heavy atom. The highest BCUT2D eigenvalue weighted by Crippen LogP contribution is 2.24. The highest BCUT2D eigenvalue weighted by Gasteiger charge is 2.28. The lowest BCUT2D eigenvalue weighted by Gasteiger charge is -2.31. The second-order valence-corrected chi connectivity index (χ2v) is 7.89. The van der Waals surface area contributed by atoms with Crippen LogP contribution in [0.15, 0.2) is 24.4 Å². The number of aromatic nitrogens is 2. The van der Waals surface area contributed by atoms with Gasteiger partial charge in [0.15, 0.2) is 0 Å². The van der Waals surface area contributed by atoms with Crippen LogP contribution in [0.5, 0.6) is 0 Å². The zero-order valence-electron chi connectivity index (χ0n) is 16.8. The molecule has 2 aromatic rings. The Morgan fingerprint density at radius 2 is 2.17 bits per heavy atom. The van der Waals surface area contributed by atoms with Gasteiger partial charge in [0, 0.05) is 18.8 Å². The number of halogens is 2. The summed E-state index contributed by atoms with van der Waals surface area (Å²) >= 11 is 5.72. The molecule has 1 aromatic heterocycles. The number of hydrogen-bond donors (Lipinski definition) is 4. The van der Waals surface area contributed by atoms with Crippen molar-refractivity contribution >= 4 is 23.6 Å². The monoisotopic (exact) mass is 437 g/mol. The van der Waals surface area contributed by atoms with Crippen molar-refractivity contribution in [3.05, 3.63) is 52.1 Å². The van der Waals surface area contributed by atoms with Crippen LogP contribution in [0, 0.1) is 5.82 Å². The zero-order valence-corrected chi connectivity index (χ0v) is 17.5. The van der Waals surface area contributed by atoms with Gasteiger partial charge in [0.05, 0.1) is 29.9 Å². The van der Waals surface area contributed by atoms with Crippen LogP contribution in [0.3, 0.4) is 0 Å². The van der Waals surface area contributed by atoms with Gasteiger partial charge in [-0.15, -0.1) is 0 Å². The molecular formula is C20H25ClFN5O3. The van der Waals surface area contributed by atoms with Gasteiger partial charge >= 0.3 is 6.03 Å². The number of hydrogen-bond acceptors (Lipinski definition) is 6. The minimum atomic E-state index is -1.31. The fraction of sp³-hybridized carbons (Fsp3) is 0.450. The largest absolute Gasteiger partial charge is 0.394 e. The molecule has 0 saturated heterocycles. The van der Waals surface area contributed by atoms with Crippen LogP contribution in [-0.2, 0) is 13.0 Å².